The molecule has 5 rings (SSSR count). The fourth-order valence-electron chi connectivity index (χ4n) is 5.84. The van der Waals surface area contributed by atoms with Gasteiger partial charge in [-0.05, 0) is 41.0 Å². The molecule has 4 atom stereocenters. The quantitative estimate of drug-likeness (QED) is 0.0801. The van der Waals surface area contributed by atoms with Gasteiger partial charge in [0.2, 0.25) is 0 Å². The van der Waals surface area contributed by atoms with Gasteiger partial charge in [-0.1, -0.05) is 54.6 Å². The van der Waals surface area contributed by atoms with Crippen LogP contribution in [0.2, 0.25) is 0 Å². The summed E-state index contributed by atoms with van der Waals surface area (Å²) in [7, 11) is 3.02. The highest BCUT2D eigenvalue weighted by molar-refractivity contribution is 5.49. The predicted molar refractivity (Wildman–Crippen MR) is 171 cm³/mol. The third-order valence-electron chi connectivity index (χ3n) is 8.49. The van der Waals surface area contributed by atoms with Crippen molar-refractivity contribution in [2.24, 2.45) is 5.92 Å². The van der Waals surface area contributed by atoms with E-state index in [4.69, 9.17) is 23.7 Å². The Hall–Kier alpha value is -4.68. The zero-order valence-electron chi connectivity index (χ0n) is 27.6. The van der Waals surface area contributed by atoms with E-state index in [-0.39, 0.29) is 0 Å². The monoisotopic (exact) mass is 740 g/mol. The lowest BCUT2D eigenvalue weighted by Crippen LogP contribution is -2.42. The third-order valence-corrected chi connectivity index (χ3v) is 8.49. The first kappa shape index (κ1) is 38.5. The molecule has 0 amide bonds. The van der Waals surface area contributed by atoms with E-state index in [2.05, 4.69) is 4.74 Å². The number of nitrogens with zero attached hydrogens (tertiary/aromatic N) is 1. The average molecular weight is 741 g/mol. The molecule has 0 saturated carbocycles. The van der Waals surface area contributed by atoms with Crippen molar-refractivity contribution in [3.05, 3.63) is 129 Å². The summed E-state index contributed by atoms with van der Waals surface area (Å²) in [5.74, 6) is -2.68. The molecule has 2 N–H and O–H groups in total. The van der Waals surface area contributed by atoms with Crippen LogP contribution >= 0.6 is 0 Å². The minimum absolute atomic E-state index is 0.409. The maximum absolute atomic E-state index is 13.0. The summed E-state index contributed by atoms with van der Waals surface area (Å²) < 4.78 is 113. The van der Waals surface area contributed by atoms with E-state index < -0.39 is 79.7 Å². The minimum atomic E-state index is -5.65. The predicted octanol–water partition coefficient (Wildman–Crippen LogP) is 4.92. The molecular formula is C35H34F6N2O9. The molecule has 0 bridgehead atoms. The normalized spacial score (nSPS) is 19.6. The van der Waals surface area contributed by atoms with Crippen LogP contribution in [0.25, 0.3) is 0 Å². The number of H-pyrrole nitrogens is 1. The van der Waals surface area contributed by atoms with Crippen LogP contribution < -0.4 is 20.7 Å². The van der Waals surface area contributed by atoms with E-state index in [0.29, 0.717) is 28.2 Å². The molecule has 0 aliphatic carbocycles. The minimum Gasteiger partial charge on any atom is -0.497 e. The fourth-order valence-corrected chi connectivity index (χ4v) is 5.84. The van der Waals surface area contributed by atoms with Gasteiger partial charge in [-0.3, -0.25) is 14.3 Å². The van der Waals surface area contributed by atoms with Crippen molar-refractivity contribution in [3.8, 4) is 11.5 Å². The Balaban J connectivity index is 1.48. The molecule has 1 fully saturated rings. The Bertz CT molecular complexity index is 1800. The first-order chi connectivity index (χ1) is 24.7. The second-order valence-electron chi connectivity index (χ2n) is 11.6. The summed E-state index contributed by atoms with van der Waals surface area (Å²) in [4.78, 5) is 26.6. The molecular weight excluding hydrogens is 706 g/mol. The zero-order valence-corrected chi connectivity index (χ0v) is 27.6. The van der Waals surface area contributed by atoms with Crippen LogP contribution in [-0.4, -0.2) is 79.5 Å². The third kappa shape index (κ3) is 8.34. The summed E-state index contributed by atoms with van der Waals surface area (Å²) in [6, 6.07) is 24.1. The van der Waals surface area contributed by atoms with E-state index in [9.17, 15) is 41.0 Å². The zero-order chi connectivity index (χ0) is 37.7. The number of aliphatic hydroxyl groups is 1. The second kappa shape index (κ2) is 15.9. The van der Waals surface area contributed by atoms with Crippen LogP contribution in [0.1, 0.15) is 22.9 Å². The van der Waals surface area contributed by atoms with Gasteiger partial charge in [0.05, 0.1) is 27.4 Å². The van der Waals surface area contributed by atoms with E-state index in [1.165, 1.54) is 14.2 Å². The Morgan fingerprint density at radius 1 is 0.808 bits per heavy atom. The van der Waals surface area contributed by atoms with Gasteiger partial charge in [-0.25, -0.2) is 4.79 Å². The van der Waals surface area contributed by atoms with Crippen molar-refractivity contribution >= 4 is 0 Å². The summed E-state index contributed by atoms with van der Waals surface area (Å²) in [6.07, 6.45) is -16.4. The smallest absolute Gasteiger partial charge is 0.402 e. The van der Waals surface area contributed by atoms with Crippen molar-refractivity contribution < 1.29 is 59.9 Å². The Morgan fingerprint density at radius 3 is 1.85 bits per heavy atom. The largest absolute Gasteiger partial charge is 0.497 e. The molecule has 0 spiro atoms. The van der Waals surface area contributed by atoms with Crippen LogP contribution in [0.5, 0.6) is 11.5 Å². The SMILES string of the molecule is COc1ccc(C(OC[C@H]2O[C@@H](n3ccc(=O)[nH]c3=O)C(OCOCC(C(F)(F)F)C(F)(F)F)C2O)(c2ccccc2)c2ccc(OC)cc2)cc1. The molecule has 3 aromatic carbocycles. The van der Waals surface area contributed by atoms with Crippen LogP contribution in [-0.2, 0) is 24.5 Å². The van der Waals surface area contributed by atoms with Gasteiger partial charge in [-0.15, -0.1) is 0 Å². The summed E-state index contributed by atoms with van der Waals surface area (Å²) >= 11 is 0. The van der Waals surface area contributed by atoms with E-state index >= 15 is 0 Å². The lowest BCUT2D eigenvalue weighted by Gasteiger charge is -2.37. The van der Waals surface area contributed by atoms with Crippen LogP contribution in [0.3, 0.4) is 0 Å². The molecule has 1 aliphatic rings. The van der Waals surface area contributed by atoms with Gasteiger partial charge in [0.1, 0.15) is 42.2 Å². The molecule has 1 aliphatic heterocycles. The lowest BCUT2D eigenvalue weighted by molar-refractivity contribution is -0.299. The number of ether oxygens (including phenoxy) is 6. The van der Waals surface area contributed by atoms with Crippen LogP contribution in [0.4, 0.5) is 26.3 Å². The average Bonchev–Trinajstić information content (AvgIpc) is 3.42. The highest BCUT2D eigenvalue weighted by Crippen LogP contribution is 2.43. The molecule has 2 unspecified atom stereocenters. The lowest BCUT2D eigenvalue weighted by atomic mass is 9.80. The maximum atomic E-state index is 13.0. The van der Waals surface area contributed by atoms with Crippen molar-refractivity contribution in [2.75, 3.05) is 34.2 Å². The molecule has 17 heteroatoms. The van der Waals surface area contributed by atoms with E-state index in [1.807, 2.05) is 23.2 Å². The molecule has 52 heavy (non-hydrogen) atoms. The van der Waals surface area contributed by atoms with Crippen LogP contribution in [0, 0.1) is 5.92 Å². The Morgan fingerprint density at radius 2 is 1.35 bits per heavy atom. The van der Waals surface area contributed by atoms with Gasteiger partial charge < -0.3 is 33.5 Å². The van der Waals surface area contributed by atoms with Crippen molar-refractivity contribution in [1.29, 1.82) is 0 Å². The Kier molecular flexibility index (Phi) is 11.8. The van der Waals surface area contributed by atoms with E-state index in [1.54, 1.807) is 60.7 Å². The number of halogens is 6. The fraction of sp³-hybridized carbons (Fsp3) is 0.371. The summed E-state index contributed by atoms with van der Waals surface area (Å²) in [5.41, 5.74) is -1.26. The Labute approximate surface area is 292 Å². The number of aromatic amines is 1. The van der Waals surface area contributed by atoms with Crippen molar-refractivity contribution in [2.45, 2.75) is 42.5 Å². The number of aliphatic hydroxyl groups excluding tert-OH is 1. The number of rotatable bonds is 14. The molecule has 1 saturated heterocycles. The molecule has 4 aromatic rings. The number of hydrogen-bond donors (Lipinski definition) is 2. The van der Waals surface area contributed by atoms with Gasteiger partial charge >= 0.3 is 18.0 Å². The summed E-state index contributed by atoms with van der Waals surface area (Å²) in [6.45, 7) is -3.38. The molecule has 2 heterocycles. The topological polar surface area (TPSA) is 130 Å². The standard InChI is InChI=1S/C35H34F6N2O9/c1-47-24-12-8-22(9-13-24)33(21-6-4-3-5-7-21,23-10-14-25(48-2)15-11-23)51-18-26-29(45)30(31(52-26)43-17-16-28(44)42-32(43)46)50-20-49-19-27(34(36,37)38)35(39,40)41/h3-17,26-27,29-31,45H,18-20H2,1-2H3,(H,42,44,46)/t26-,29?,30?,31-/m1/s1. The van der Waals surface area contributed by atoms with Crippen molar-refractivity contribution in [3.63, 3.8) is 0 Å². The van der Waals surface area contributed by atoms with E-state index in [0.717, 1.165) is 16.8 Å². The molecule has 0 radical (unpaired) electrons. The van der Waals surface area contributed by atoms with Gasteiger partial charge in [0.25, 0.3) is 5.56 Å². The number of alkyl halides is 6. The highest BCUT2D eigenvalue weighted by Gasteiger charge is 2.57. The molecule has 11 nitrogen and oxygen atoms in total. The summed E-state index contributed by atoms with van der Waals surface area (Å²) in [5, 5.41) is 11.5. The number of methoxy groups -OCH3 is 2. The maximum Gasteiger partial charge on any atom is 0.402 e. The van der Waals surface area contributed by atoms with Gasteiger partial charge in [-0.2, -0.15) is 26.3 Å². The van der Waals surface area contributed by atoms with Gasteiger partial charge in [0.15, 0.2) is 12.1 Å². The highest BCUT2D eigenvalue weighted by atomic mass is 19.4. The molecule has 1 aromatic heterocycles. The first-order valence-electron chi connectivity index (χ1n) is 15.7. The molecule has 280 valence electrons. The first-order valence-corrected chi connectivity index (χ1v) is 15.7. The number of benzene rings is 3. The number of aromatic nitrogens is 2. The van der Waals surface area contributed by atoms with Crippen molar-refractivity contribution in [1.82, 2.24) is 9.55 Å². The number of nitrogens with one attached hydrogen (secondary N) is 1. The van der Waals surface area contributed by atoms with Crippen LogP contribution in [0.15, 0.2) is 101 Å². The number of hydrogen-bond acceptors (Lipinski definition) is 9. The van der Waals surface area contributed by atoms with Gasteiger partial charge in [0, 0.05) is 12.3 Å². The second-order valence-corrected chi connectivity index (χ2v) is 11.6.